The van der Waals surface area contributed by atoms with E-state index in [4.69, 9.17) is 16.3 Å². The van der Waals surface area contributed by atoms with Gasteiger partial charge in [-0.05, 0) is 23.8 Å². The average molecular weight is 369 g/mol. The number of amides is 1. The van der Waals surface area contributed by atoms with Crippen LogP contribution in [0.1, 0.15) is 16.1 Å². The van der Waals surface area contributed by atoms with E-state index in [1.165, 1.54) is 6.33 Å². The Balaban J connectivity index is 1.70. The fourth-order valence-corrected chi connectivity index (χ4v) is 2.55. The minimum Gasteiger partial charge on any atom is -0.495 e. The molecule has 0 spiro atoms. The molecule has 0 radical (unpaired) electrons. The maximum atomic E-state index is 12.4. The van der Waals surface area contributed by atoms with Crippen LogP contribution in [-0.4, -0.2) is 23.0 Å². The van der Waals surface area contributed by atoms with Gasteiger partial charge in [0, 0.05) is 17.6 Å². The number of methoxy groups -OCH3 is 1. The fraction of sp³-hybridized carbons (Fsp3) is 0.105. The fourth-order valence-electron chi connectivity index (χ4n) is 2.34. The molecule has 2 N–H and O–H groups in total. The van der Waals surface area contributed by atoms with Crippen molar-refractivity contribution in [2.24, 2.45) is 0 Å². The number of ether oxygens (including phenoxy) is 1. The molecule has 7 heteroatoms. The highest BCUT2D eigenvalue weighted by molar-refractivity contribution is 6.31. The van der Waals surface area contributed by atoms with Crippen LogP contribution >= 0.6 is 11.6 Å². The molecule has 6 nitrogen and oxygen atoms in total. The van der Waals surface area contributed by atoms with Crippen molar-refractivity contribution < 1.29 is 9.53 Å². The number of carbonyl (C=O) groups excluding carboxylic acids is 1. The van der Waals surface area contributed by atoms with Gasteiger partial charge in [-0.15, -0.1) is 0 Å². The average Bonchev–Trinajstić information content (AvgIpc) is 2.68. The van der Waals surface area contributed by atoms with Gasteiger partial charge in [0.25, 0.3) is 5.91 Å². The number of aromatic nitrogens is 2. The van der Waals surface area contributed by atoms with Gasteiger partial charge in [-0.3, -0.25) is 4.79 Å². The highest BCUT2D eigenvalue weighted by atomic mass is 35.5. The maximum Gasteiger partial charge on any atom is 0.270 e. The van der Waals surface area contributed by atoms with E-state index in [2.05, 4.69) is 20.6 Å². The molecule has 0 saturated heterocycles. The van der Waals surface area contributed by atoms with Crippen molar-refractivity contribution in [3.8, 4) is 5.75 Å². The highest BCUT2D eigenvalue weighted by Gasteiger charge is 2.10. The van der Waals surface area contributed by atoms with Gasteiger partial charge in [-0.2, -0.15) is 0 Å². The maximum absolute atomic E-state index is 12.4. The van der Waals surface area contributed by atoms with Crippen LogP contribution in [0.15, 0.2) is 60.9 Å². The first-order chi connectivity index (χ1) is 12.7. The number of nitrogens with one attached hydrogen (secondary N) is 2. The van der Waals surface area contributed by atoms with Crippen molar-refractivity contribution in [3.63, 3.8) is 0 Å². The number of benzene rings is 2. The first kappa shape index (κ1) is 17.7. The van der Waals surface area contributed by atoms with Gasteiger partial charge in [0.15, 0.2) is 0 Å². The van der Waals surface area contributed by atoms with Gasteiger partial charge in [-0.1, -0.05) is 41.9 Å². The molecular weight excluding hydrogens is 352 g/mol. The Kier molecular flexibility index (Phi) is 5.66. The summed E-state index contributed by atoms with van der Waals surface area (Å²) in [5, 5.41) is 6.53. The summed E-state index contributed by atoms with van der Waals surface area (Å²) in [4.78, 5) is 20.5. The molecule has 0 aliphatic carbocycles. The molecule has 0 saturated carbocycles. The van der Waals surface area contributed by atoms with Gasteiger partial charge < -0.3 is 15.4 Å². The van der Waals surface area contributed by atoms with E-state index in [-0.39, 0.29) is 11.6 Å². The zero-order valence-electron chi connectivity index (χ0n) is 14.1. The molecule has 1 aromatic heterocycles. The van der Waals surface area contributed by atoms with Crippen LogP contribution in [0.3, 0.4) is 0 Å². The third-order valence-electron chi connectivity index (χ3n) is 3.67. The summed E-state index contributed by atoms with van der Waals surface area (Å²) in [7, 11) is 1.59. The Morgan fingerprint density at radius 3 is 2.69 bits per heavy atom. The summed E-state index contributed by atoms with van der Waals surface area (Å²) in [6.45, 7) is 0.317. The molecule has 3 rings (SSSR count). The molecule has 0 aliphatic heterocycles. The molecule has 0 unspecified atom stereocenters. The van der Waals surface area contributed by atoms with Gasteiger partial charge in [0.05, 0.1) is 12.8 Å². The number of hydrogen-bond donors (Lipinski definition) is 2. The molecule has 1 heterocycles. The SMILES string of the molecule is COc1ccccc1Nc1cc(C(=O)NCc2ccccc2Cl)ncn1. The third kappa shape index (κ3) is 4.29. The number of hydrogen-bond acceptors (Lipinski definition) is 5. The molecule has 26 heavy (non-hydrogen) atoms. The Morgan fingerprint density at radius 2 is 1.88 bits per heavy atom. The zero-order valence-corrected chi connectivity index (χ0v) is 14.8. The van der Waals surface area contributed by atoms with Crippen molar-refractivity contribution in [1.29, 1.82) is 0 Å². The molecule has 0 bridgehead atoms. The van der Waals surface area contributed by atoms with E-state index < -0.39 is 0 Å². The lowest BCUT2D eigenvalue weighted by atomic mass is 10.2. The quantitative estimate of drug-likeness (QED) is 0.691. The summed E-state index contributed by atoms with van der Waals surface area (Å²) >= 11 is 6.10. The van der Waals surface area contributed by atoms with Gasteiger partial charge >= 0.3 is 0 Å². The summed E-state index contributed by atoms with van der Waals surface area (Å²) in [5.41, 5.74) is 1.84. The van der Waals surface area contributed by atoms with Crippen molar-refractivity contribution >= 4 is 29.0 Å². The van der Waals surface area contributed by atoms with Crippen LogP contribution in [0.25, 0.3) is 0 Å². The van der Waals surface area contributed by atoms with Crippen LogP contribution in [0.5, 0.6) is 5.75 Å². The van der Waals surface area contributed by atoms with E-state index in [0.717, 1.165) is 11.3 Å². The lowest BCUT2D eigenvalue weighted by Crippen LogP contribution is -2.24. The summed E-state index contributed by atoms with van der Waals surface area (Å²) < 4.78 is 5.30. The topological polar surface area (TPSA) is 76.1 Å². The summed E-state index contributed by atoms with van der Waals surface area (Å²) in [6.07, 6.45) is 1.34. The number of anilines is 2. The summed E-state index contributed by atoms with van der Waals surface area (Å²) in [5.74, 6) is 0.860. The van der Waals surface area contributed by atoms with Crippen LogP contribution < -0.4 is 15.4 Å². The second-order valence-electron chi connectivity index (χ2n) is 5.39. The Hall–Kier alpha value is -3.12. The van der Waals surface area contributed by atoms with Gasteiger partial charge in [0.1, 0.15) is 23.6 Å². The molecular formula is C19H17ClN4O2. The minimum atomic E-state index is -0.310. The van der Waals surface area contributed by atoms with E-state index in [1.54, 1.807) is 19.2 Å². The van der Waals surface area contributed by atoms with Crippen LogP contribution in [0.2, 0.25) is 5.02 Å². The number of carbonyl (C=O) groups is 1. The van der Waals surface area contributed by atoms with Crippen LogP contribution in [-0.2, 0) is 6.54 Å². The molecule has 0 atom stereocenters. The number of halogens is 1. The van der Waals surface area contributed by atoms with E-state index >= 15 is 0 Å². The van der Waals surface area contributed by atoms with Gasteiger partial charge in [-0.25, -0.2) is 9.97 Å². The molecule has 3 aromatic rings. The van der Waals surface area contributed by atoms with E-state index in [1.807, 2.05) is 42.5 Å². The Bertz CT molecular complexity index is 917. The van der Waals surface area contributed by atoms with Crippen LogP contribution in [0.4, 0.5) is 11.5 Å². The molecule has 132 valence electrons. The second-order valence-corrected chi connectivity index (χ2v) is 5.80. The predicted molar refractivity (Wildman–Crippen MR) is 101 cm³/mol. The first-order valence-corrected chi connectivity index (χ1v) is 8.29. The van der Waals surface area contributed by atoms with Crippen LogP contribution in [0, 0.1) is 0 Å². The van der Waals surface area contributed by atoms with E-state index in [0.29, 0.717) is 23.1 Å². The largest absolute Gasteiger partial charge is 0.495 e. The lowest BCUT2D eigenvalue weighted by molar-refractivity contribution is 0.0946. The lowest BCUT2D eigenvalue weighted by Gasteiger charge is -2.11. The monoisotopic (exact) mass is 368 g/mol. The van der Waals surface area contributed by atoms with Crippen molar-refractivity contribution in [1.82, 2.24) is 15.3 Å². The standard InChI is InChI=1S/C19H17ClN4O2/c1-26-17-9-5-4-8-15(17)24-18-10-16(22-12-23-18)19(25)21-11-13-6-2-3-7-14(13)20/h2-10,12H,11H2,1H3,(H,21,25)(H,22,23,24). The van der Waals surface area contributed by atoms with Crippen molar-refractivity contribution in [2.45, 2.75) is 6.54 Å². The number of rotatable bonds is 6. The minimum absolute atomic E-state index is 0.254. The van der Waals surface area contributed by atoms with Crippen molar-refractivity contribution in [2.75, 3.05) is 12.4 Å². The predicted octanol–water partition coefficient (Wildman–Crippen LogP) is 3.81. The number of nitrogens with zero attached hydrogens (tertiary/aromatic N) is 2. The third-order valence-corrected chi connectivity index (χ3v) is 4.04. The van der Waals surface area contributed by atoms with Gasteiger partial charge in [0.2, 0.25) is 0 Å². The van der Waals surface area contributed by atoms with Crippen molar-refractivity contribution in [3.05, 3.63) is 77.2 Å². The molecule has 0 aliphatic rings. The molecule has 2 aromatic carbocycles. The highest BCUT2D eigenvalue weighted by Crippen LogP contribution is 2.26. The first-order valence-electron chi connectivity index (χ1n) is 7.91. The normalized spacial score (nSPS) is 10.2. The molecule has 1 amide bonds. The summed E-state index contributed by atoms with van der Waals surface area (Å²) in [6, 6.07) is 16.4. The smallest absolute Gasteiger partial charge is 0.270 e. The molecule has 0 fully saturated rings. The Morgan fingerprint density at radius 1 is 1.12 bits per heavy atom. The van der Waals surface area contributed by atoms with E-state index in [9.17, 15) is 4.79 Å². The number of para-hydroxylation sites is 2. The second kappa shape index (κ2) is 8.31. The Labute approximate surface area is 156 Å². The zero-order chi connectivity index (χ0) is 18.4.